The molecule has 0 bridgehead atoms. The van der Waals surface area contributed by atoms with Crippen LogP contribution in [0.25, 0.3) is 0 Å². The van der Waals surface area contributed by atoms with Gasteiger partial charge in [-0.1, -0.05) is 40.5 Å². The molecule has 0 N–H and O–H groups in total. The van der Waals surface area contributed by atoms with Gasteiger partial charge in [-0.2, -0.15) is 30.2 Å². The molecule has 1 atom stereocenters. The van der Waals surface area contributed by atoms with E-state index in [0.717, 1.165) is 12.1 Å². The number of benzene rings is 2. The summed E-state index contributed by atoms with van der Waals surface area (Å²) in [4.78, 5) is 18.2. The maximum atomic E-state index is 15.4. The molecule has 0 aromatic heterocycles. The molecular formula is C23H16Cl2F5N3O2S. The van der Waals surface area contributed by atoms with Crippen LogP contribution in [-0.2, 0) is 20.9 Å². The molecule has 36 heavy (non-hydrogen) atoms. The summed E-state index contributed by atoms with van der Waals surface area (Å²) in [6.45, 7) is -0.457. The van der Waals surface area contributed by atoms with E-state index < -0.39 is 45.3 Å². The number of rotatable bonds is 5. The van der Waals surface area contributed by atoms with Gasteiger partial charge in [-0.25, -0.2) is 8.78 Å². The smallest absolute Gasteiger partial charge is 0.374 e. The molecule has 0 aliphatic carbocycles. The van der Waals surface area contributed by atoms with E-state index in [2.05, 4.69) is 5.16 Å². The number of hydrogen-bond acceptors (Lipinski definition) is 5. The van der Waals surface area contributed by atoms with Crippen molar-refractivity contribution in [3.8, 4) is 6.07 Å². The summed E-state index contributed by atoms with van der Waals surface area (Å²) in [5.74, 6) is -1.10. The van der Waals surface area contributed by atoms with Gasteiger partial charge in [0.25, 0.3) is 5.60 Å². The number of alkyl halides is 4. The fourth-order valence-electron chi connectivity index (χ4n) is 4.17. The van der Waals surface area contributed by atoms with Gasteiger partial charge in [0.05, 0.1) is 46.2 Å². The highest BCUT2D eigenvalue weighted by atomic mass is 35.5. The quantitative estimate of drug-likeness (QED) is 0.333. The predicted molar refractivity (Wildman–Crippen MR) is 125 cm³/mol. The van der Waals surface area contributed by atoms with Crippen molar-refractivity contribution in [1.29, 1.82) is 5.26 Å². The van der Waals surface area contributed by atoms with Crippen LogP contribution >= 0.6 is 35.0 Å². The SMILES string of the molecule is CSCC(=O)N1CC(F)(c2ccc(C3=NOC(c4cc(Cl)c(F)c(Cl)c4)(C(F)(F)F)C3)cc2C#N)C1. The minimum Gasteiger partial charge on any atom is -0.374 e. The number of oxime groups is 1. The minimum absolute atomic E-state index is 0.0284. The highest BCUT2D eigenvalue weighted by molar-refractivity contribution is 7.99. The number of nitrogens with zero attached hydrogens (tertiary/aromatic N) is 3. The summed E-state index contributed by atoms with van der Waals surface area (Å²) in [5, 5.41) is 12.0. The molecule has 2 aromatic rings. The topological polar surface area (TPSA) is 65.7 Å². The summed E-state index contributed by atoms with van der Waals surface area (Å²) >= 11 is 12.7. The van der Waals surface area contributed by atoms with Crippen LogP contribution in [0, 0.1) is 17.1 Å². The van der Waals surface area contributed by atoms with Gasteiger partial charge >= 0.3 is 6.18 Å². The Hall–Kier alpha value is -2.55. The van der Waals surface area contributed by atoms with Crippen molar-refractivity contribution in [2.45, 2.75) is 23.9 Å². The number of likely N-dealkylation sites (tertiary alicyclic amines) is 1. The lowest BCUT2D eigenvalue weighted by molar-refractivity contribution is -0.275. The number of amides is 1. The first kappa shape index (κ1) is 26.5. The van der Waals surface area contributed by atoms with Gasteiger partial charge in [0.2, 0.25) is 5.91 Å². The molecule has 2 heterocycles. The second-order valence-corrected chi connectivity index (χ2v) is 10.1. The Labute approximate surface area is 216 Å². The van der Waals surface area contributed by atoms with Crippen molar-refractivity contribution in [2.75, 3.05) is 25.1 Å². The van der Waals surface area contributed by atoms with Gasteiger partial charge in [0, 0.05) is 23.1 Å². The number of hydrogen-bond donors (Lipinski definition) is 0. The van der Waals surface area contributed by atoms with E-state index >= 15 is 4.39 Å². The normalized spacial score (nSPS) is 20.9. The van der Waals surface area contributed by atoms with Crippen molar-refractivity contribution in [3.05, 3.63) is 68.4 Å². The third-order valence-corrected chi connectivity index (χ3v) is 7.18. The van der Waals surface area contributed by atoms with E-state index in [1.165, 1.54) is 34.9 Å². The van der Waals surface area contributed by atoms with Crippen LogP contribution in [-0.4, -0.2) is 47.8 Å². The van der Waals surface area contributed by atoms with Crippen molar-refractivity contribution in [3.63, 3.8) is 0 Å². The summed E-state index contributed by atoms with van der Waals surface area (Å²) in [5.41, 5.74) is -5.63. The summed E-state index contributed by atoms with van der Waals surface area (Å²) in [6.07, 6.45) is -4.08. The number of carbonyl (C=O) groups excluding carboxylic acids is 1. The summed E-state index contributed by atoms with van der Waals surface area (Å²) in [7, 11) is 0. The van der Waals surface area contributed by atoms with E-state index in [-0.39, 0.29) is 47.2 Å². The van der Waals surface area contributed by atoms with Gasteiger partial charge in [0.15, 0.2) is 11.5 Å². The van der Waals surface area contributed by atoms with E-state index in [0.29, 0.717) is 0 Å². The molecule has 4 rings (SSSR count). The fraction of sp³-hybridized carbons (Fsp3) is 0.348. The molecule has 1 saturated heterocycles. The second kappa shape index (κ2) is 9.39. The molecule has 1 amide bonds. The zero-order chi connectivity index (χ0) is 26.5. The van der Waals surface area contributed by atoms with Crippen LogP contribution < -0.4 is 0 Å². The third-order valence-electron chi connectivity index (χ3n) is 6.10. The molecule has 2 aliphatic heterocycles. The number of thioether (sulfide) groups is 1. The highest BCUT2D eigenvalue weighted by Gasteiger charge is 2.62. The first-order valence-electron chi connectivity index (χ1n) is 10.3. The Morgan fingerprint density at radius 1 is 1.25 bits per heavy atom. The first-order chi connectivity index (χ1) is 16.8. The molecule has 0 spiro atoms. The Balaban J connectivity index is 1.63. The Morgan fingerprint density at radius 2 is 1.89 bits per heavy atom. The summed E-state index contributed by atoms with van der Waals surface area (Å²) < 4.78 is 71.9. The van der Waals surface area contributed by atoms with Crippen LogP contribution in [0.2, 0.25) is 10.0 Å². The highest BCUT2D eigenvalue weighted by Crippen LogP contribution is 2.50. The molecule has 2 aliphatic rings. The van der Waals surface area contributed by atoms with E-state index in [9.17, 15) is 27.6 Å². The Morgan fingerprint density at radius 3 is 2.44 bits per heavy atom. The predicted octanol–water partition coefficient (Wildman–Crippen LogP) is 5.96. The summed E-state index contributed by atoms with van der Waals surface area (Å²) in [6, 6.07) is 7.26. The van der Waals surface area contributed by atoms with Crippen LogP contribution in [0.5, 0.6) is 0 Å². The number of nitriles is 1. The van der Waals surface area contributed by atoms with Gasteiger partial charge < -0.3 is 9.74 Å². The van der Waals surface area contributed by atoms with Crippen molar-refractivity contribution < 1.29 is 31.6 Å². The van der Waals surface area contributed by atoms with Crippen LogP contribution in [0.1, 0.15) is 28.7 Å². The number of carbonyl (C=O) groups is 1. The molecule has 1 unspecified atom stereocenters. The largest absolute Gasteiger partial charge is 0.435 e. The van der Waals surface area contributed by atoms with Crippen molar-refractivity contribution >= 4 is 46.6 Å². The van der Waals surface area contributed by atoms with E-state index in [4.69, 9.17) is 28.0 Å². The monoisotopic (exact) mass is 563 g/mol. The maximum Gasteiger partial charge on any atom is 0.435 e. The zero-order valence-electron chi connectivity index (χ0n) is 18.4. The van der Waals surface area contributed by atoms with Crippen molar-refractivity contribution in [2.24, 2.45) is 5.16 Å². The third kappa shape index (κ3) is 4.40. The fourth-order valence-corrected chi connectivity index (χ4v) is 5.09. The van der Waals surface area contributed by atoms with Crippen LogP contribution in [0.15, 0.2) is 35.5 Å². The lowest BCUT2D eigenvalue weighted by Gasteiger charge is -2.45. The van der Waals surface area contributed by atoms with Crippen LogP contribution in [0.4, 0.5) is 22.0 Å². The minimum atomic E-state index is -5.00. The van der Waals surface area contributed by atoms with E-state index in [1.54, 1.807) is 6.26 Å². The molecule has 1 fully saturated rings. The Kier molecular flexibility index (Phi) is 6.92. The molecule has 5 nitrogen and oxygen atoms in total. The van der Waals surface area contributed by atoms with Gasteiger partial charge in [0.1, 0.15) is 0 Å². The average molecular weight is 564 g/mol. The lowest BCUT2D eigenvalue weighted by atomic mass is 9.82. The Bertz CT molecular complexity index is 1280. The van der Waals surface area contributed by atoms with Gasteiger partial charge in [-0.3, -0.25) is 4.79 Å². The lowest BCUT2D eigenvalue weighted by Crippen LogP contribution is -2.59. The number of halogens is 7. The molecule has 2 aromatic carbocycles. The molecule has 0 radical (unpaired) electrons. The standard InChI is InChI=1S/C23H16Cl2F5N3O2S/c1-36-9-19(34)33-10-21(27,11-33)15-3-2-12(4-13(15)8-31)18-7-22(35-32-18,23(28,29)30)14-5-16(24)20(26)17(25)6-14/h2-6H,7,9-11H2,1H3. The molecular weight excluding hydrogens is 548 g/mol. The average Bonchev–Trinajstić information content (AvgIpc) is 3.27. The van der Waals surface area contributed by atoms with Gasteiger partial charge in [-0.05, 0) is 24.5 Å². The van der Waals surface area contributed by atoms with Gasteiger partial charge in [-0.15, -0.1) is 0 Å². The van der Waals surface area contributed by atoms with Crippen LogP contribution in [0.3, 0.4) is 0 Å². The molecule has 0 saturated carbocycles. The zero-order valence-corrected chi connectivity index (χ0v) is 20.8. The first-order valence-corrected chi connectivity index (χ1v) is 12.5. The maximum absolute atomic E-state index is 15.4. The molecule has 13 heteroatoms. The molecule has 190 valence electrons. The second-order valence-electron chi connectivity index (χ2n) is 8.40. The van der Waals surface area contributed by atoms with E-state index in [1.807, 2.05) is 6.07 Å². The van der Waals surface area contributed by atoms with Crippen molar-refractivity contribution in [1.82, 2.24) is 4.90 Å².